The SMILES string of the molecule is CCN(CC)CCO/N=C1/C(=C/c2ccc(Cl)c(Cl)c2)CCCC1C.O=C(O)/C=C/C(=O)O. The lowest BCUT2D eigenvalue weighted by molar-refractivity contribution is -0.134. The molecule has 2 rings (SSSR count). The molecule has 1 saturated carbocycles. The van der Waals surface area contributed by atoms with Gasteiger partial charge in [-0.3, -0.25) is 0 Å². The highest BCUT2D eigenvalue weighted by Gasteiger charge is 2.21. The summed E-state index contributed by atoms with van der Waals surface area (Å²) in [7, 11) is 0. The van der Waals surface area contributed by atoms with Crippen LogP contribution in [0.15, 0.2) is 41.1 Å². The zero-order valence-electron chi connectivity index (χ0n) is 19.3. The molecule has 0 bridgehead atoms. The molecule has 7 nitrogen and oxygen atoms in total. The number of likely N-dealkylation sites (N-methyl/N-ethyl adjacent to an activating group) is 1. The fraction of sp³-hybridized carbons (Fsp3) is 0.458. The van der Waals surface area contributed by atoms with E-state index < -0.39 is 11.9 Å². The molecule has 0 spiro atoms. The quantitative estimate of drug-likeness (QED) is 0.260. The molecule has 9 heteroatoms. The van der Waals surface area contributed by atoms with Crippen molar-refractivity contribution in [3.63, 3.8) is 0 Å². The Morgan fingerprint density at radius 1 is 1.15 bits per heavy atom. The lowest BCUT2D eigenvalue weighted by atomic mass is 9.84. The number of carboxylic acid groups (broad SMARTS) is 2. The fourth-order valence-corrected chi connectivity index (χ4v) is 3.55. The monoisotopic (exact) mass is 498 g/mol. The number of benzene rings is 1. The number of carbonyl (C=O) groups is 2. The Hall–Kier alpha value is -2.35. The van der Waals surface area contributed by atoms with Crippen molar-refractivity contribution in [2.75, 3.05) is 26.2 Å². The van der Waals surface area contributed by atoms with Gasteiger partial charge in [0.1, 0.15) is 6.61 Å². The summed E-state index contributed by atoms with van der Waals surface area (Å²) in [6.45, 7) is 10.1. The summed E-state index contributed by atoms with van der Waals surface area (Å²) in [5.74, 6) is -2.10. The van der Waals surface area contributed by atoms with Crippen molar-refractivity contribution in [1.82, 2.24) is 4.90 Å². The second-order valence-electron chi connectivity index (χ2n) is 7.48. The van der Waals surface area contributed by atoms with Crippen molar-refractivity contribution in [3.8, 4) is 0 Å². The standard InChI is InChI=1S/C20H28Cl2N2O.C4H4O4/c1-4-24(5-2)11-12-25-23-20-15(3)7-6-8-17(20)13-16-9-10-18(21)19(22)14-16;5-3(6)1-2-4(7)8/h9-10,13-15H,4-8,11-12H2,1-3H3;1-2H,(H,5,6)(H,7,8)/b17-13+,23-20+;2-1+. The second-order valence-corrected chi connectivity index (χ2v) is 8.30. The van der Waals surface area contributed by atoms with E-state index in [1.165, 1.54) is 12.0 Å². The molecule has 1 aromatic rings. The Kier molecular flexibility index (Phi) is 13.5. The minimum absolute atomic E-state index is 0.413. The predicted octanol–water partition coefficient (Wildman–Crippen LogP) is 5.62. The minimum atomic E-state index is -1.26. The molecule has 33 heavy (non-hydrogen) atoms. The van der Waals surface area contributed by atoms with Crippen LogP contribution in [-0.2, 0) is 14.4 Å². The molecule has 0 aromatic heterocycles. The largest absolute Gasteiger partial charge is 0.478 e. The Labute approximate surface area is 205 Å². The van der Waals surface area contributed by atoms with Crippen LogP contribution in [-0.4, -0.2) is 59.0 Å². The van der Waals surface area contributed by atoms with Gasteiger partial charge in [0.25, 0.3) is 0 Å². The van der Waals surface area contributed by atoms with Gasteiger partial charge >= 0.3 is 11.9 Å². The van der Waals surface area contributed by atoms with E-state index in [4.69, 9.17) is 38.3 Å². The second kappa shape index (κ2) is 15.5. The minimum Gasteiger partial charge on any atom is -0.478 e. The zero-order chi connectivity index (χ0) is 24.8. The van der Waals surface area contributed by atoms with E-state index in [0.717, 1.165) is 43.8 Å². The lowest BCUT2D eigenvalue weighted by Gasteiger charge is -2.23. The van der Waals surface area contributed by atoms with Gasteiger partial charge in [-0.05, 0) is 61.7 Å². The van der Waals surface area contributed by atoms with E-state index in [9.17, 15) is 9.59 Å². The summed E-state index contributed by atoms with van der Waals surface area (Å²) < 4.78 is 0. The average molecular weight is 499 g/mol. The van der Waals surface area contributed by atoms with Crippen molar-refractivity contribution in [2.24, 2.45) is 11.1 Å². The van der Waals surface area contributed by atoms with Crippen LogP contribution in [0.5, 0.6) is 0 Å². The van der Waals surface area contributed by atoms with Crippen LogP contribution in [0.3, 0.4) is 0 Å². The van der Waals surface area contributed by atoms with Gasteiger partial charge in [0.05, 0.1) is 15.8 Å². The first kappa shape index (κ1) is 28.7. The number of rotatable bonds is 9. The van der Waals surface area contributed by atoms with Gasteiger partial charge < -0.3 is 20.0 Å². The van der Waals surface area contributed by atoms with Gasteiger partial charge in [0, 0.05) is 24.6 Å². The molecule has 0 aliphatic heterocycles. The predicted molar refractivity (Wildman–Crippen MR) is 133 cm³/mol. The van der Waals surface area contributed by atoms with Gasteiger partial charge in [-0.1, -0.05) is 55.2 Å². The average Bonchev–Trinajstić information content (AvgIpc) is 2.77. The van der Waals surface area contributed by atoms with Gasteiger partial charge in [0.2, 0.25) is 0 Å². The number of nitrogens with zero attached hydrogens (tertiary/aromatic N) is 2. The zero-order valence-corrected chi connectivity index (χ0v) is 20.8. The van der Waals surface area contributed by atoms with E-state index in [-0.39, 0.29) is 0 Å². The van der Waals surface area contributed by atoms with Crippen molar-refractivity contribution >= 4 is 46.9 Å². The van der Waals surface area contributed by atoms with E-state index in [2.05, 4.69) is 36.9 Å². The number of hydrogen-bond acceptors (Lipinski definition) is 5. The molecule has 1 aromatic carbocycles. The molecule has 0 saturated heterocycles. The maximum Gasteiger partial charge on any atom is 0.328 e. The highest BCUT2D eigenvalue weighted by atomic mass is 35.5. The number of aliphatic carboxylic acids is 2. The molecule has 1 aliphatic carbocycles. The summed E-state index contributed by atoms with van der Waals surface area (Å²) >= 11 is 12.1. The van der Waals surface area contributed by atoms with Crippen molar-refractivity contribution in [1.29, 1.82) is 0 Å². The molecule has 1 aliphatic rings. The van der Waals surface area contributed by atoms with Crippen LogP contribution >= 0.6 is 23.2 Å². The summed E-state index contributed by atoms with van der Waals surface area (Å²) in [5.41, 5.74) is 3.35. The van der Waals surface area contributed by atoms with Crippen LogP contribution in [0.25, 0.3) is 6.08 Å². The third-order valence-corrected chi connectivity index (χ3v) is 5.83. The Balaban J connectivity index is 0.000000582. The molecule has 0 radical (unpaired) electrons. The maximum atomic E-state index is 9.55. The third-order valence-electron chi connectivity index (χ3n) is 5.09. The fourth-order valence-electron chi connectivity index (χ4n) is 3.25. The Morgan fingerprint density at radius 2 is 1.79 bits per heavy atom. The van der Waals surface area contributed by atoms with Crippen LogP contribution in [0.1, 0.15) is 45.6 Å². The molecule has 0 amide bonds. The van der Waals surface area contributed by atoms with E-state index in [0.29, 0.717) is 34.7 Å². The summed E-state index contributed by atoms with van der Waals surface area (Å²) in [6, 6.07) is 5.72. The maximum absolute atomic E-state index is 9.55. The third kappa shape index (κ3) is 11.4. The molecule has 0 heterocycles. The molecule has 182 valence electrons. The molecule has 1 unspecified atom stereocenters. The summed E-state index contributed by atoms with van der Waals surface area (Å²) in [5, 5.41) is 21.3. The smallest absolute Gasteiger partial charge is 0.328 e. The van der Waals surface area contributed by atoms with Gasteiger partial charge in [-0.25, -0.2) is 9.59 Å². The molecule has 1 atom stereocenters. The lowest BCUT2D eigenvalue weighted by Crippen LogP contribution is -2.27. The molecule has 2 N–H and O–H groups in total. The van der Waals surface area contributed by atoms with Gasteiger partial charge in [-0.15, -0.1) is 0 Å². The highest BCUT2D eigenvalue weighted by Crippen LogP contribution is 2.29. The van der Waals surface area contributed by atoms with Crippen molar-refractivity contribution in [3.05, 3.63) is 51.5 Å². The first-order chi connectivity index (χ1) is 15.7. The van der Waals surface area contributed by atoms with E-state index in [1.54, 1.807) is 0 Å². The van der Waals surface area contributed by atoms with E-state index >= 15 is 0 Å². The topological polar surface area (TPSA) is 99.4 Å². The van der Waals surface area contributed by atoms with Crippen LogP contribution in [0, 0.1) is 5.92 Å². The Morgan fingerprint density at radius 3 is 2.33 bits per heavy atom. The number of carboxylic acids is 2. The summed E-state index contributed by atoms with van der Waals surface area (Å²) in [4.78, 5) is 27.1. The van der Waals surface area contributed by atoms with E-state index in [1.807, 2.05) is 18.2 Å². The normalized spacial score (nSPS) is 18.4. The Bertz CT molecular complexity index is 864. The summed E-state index contributed by atoms with van der Waals surface area (Å²) in [6.07, 6.45) is 6.61. The van der Waals surface area contributed by atoms with Crippen LogP contribution < -0.4 is 0 Å². The van der Waals surface area contributed by atoms with Crippen molar-refractivity contribution < 1.29 is 24.6 Å². The number of allylic oxidation sites excluding steroid dienone is 1. The molecular weight excluding hydrogens is 467 g/mol. The van der Waals surface area contributed by atoms with Gasteiger partial charge in [0.15, 0.2) is 0 Å². The number of halogens is 2. The molecule has 1 fully saturated rings. The molecular formula is C24H32Cl2N2O5. The van der Waals surface area contributed by atoms with Crippen LogP contribution in [0.4, 0.5) is 0 Å². The number of hydrogen-bond donors (Lipinski definition) is 2. The number of oxime groups is 1. The van der Waals surface area contributed by atoms with Crippen LogP contribution in [0.2, 0.25) is 10.0 Å². The first-order valence-corrected chi connectivity index (χ1v) is 11.7. The highest BCUT2D eigenvalue weighted by molar-refractivity contribution is 6.42. The van der Waals surface area contributed by atoms with Gasteiger partial charge in [-0.2, -0.15) is 0 Å². The first-order valence-electron chi connectivity index (χ1n) is 10.9. The van der Waals surface area contributed by atoms with Crippen molar-refractivity contribution in [2.45, 2.75) is 40.0 Å².